The zero-order valence-corrected chi connectivity index (χ0v) is 15.4. The van der Waals surface area contributed by atoms with Crippen LogP contribution in [0.15, 0.2) is 60.9 Å². The summed E-state index contributed by atoms with van der Waals surface area (Å²) < 4.78 is 10.6. The summed E-state index contributed by atoms with van der Waals surface area (Å²) in [5.41, 5.74) is 2.14. The van der Waals surface area contributed by atoms with E-state index in [9.17, 15) is 9.59 Å². The Morgan fingerprint density at radius 1 is 0.828 bits per heavy atom. The highest BCUT2D eigenvalue weighted by Gasteiger charge is 2.15. The molecule has 0 fully saturated rings. The molecule has 0 spiro atoms. The van der Waals surface area contributed by atoms with Gasteiger partial charge in [-0.2, -0.15) is 0 Å². The number of rotatable bonds is 6. The molecule has 2 aromatic heterocycles. The number of pyridine rings is 2. The maximum Gasteiger partial charge on any atom is 0.270 e. The van der Waals surface area contributed by atoms with Gasteiger partial charge in [0.05, 0.1) is 0 Å². The summed E-state index contributed by atoms with van der Waals surface area (Å²) in [6.45, 7) is 0.851. The van der Waals surface area contributed by atoms with Crippen molar-refractivity contribution in [2.24, 2.45) is 0 Å². The van der Waals surface area contributed by atoms with Crippen LogP contribution >= 0.6 is 0 Å². The predicted octanol–water partition coefficient (Wildman–Crippen LogP) is 2.07. The van der Waals surface area contributed by atoms with Crippen LogP contribution in [0.5, 0.6) is 11.5 Å². The molecule has 8 heteroatoms. The van der Waals surface area contributed by atoms with E-state index in [-0.39, 0.29) is 30.0 Å². The van der Waals surface area contributed by atoms with Crippen LogP contribution in [-0.4, -0.2) is 28.6 Å². The monoisotopic (exact) mass is 390 g/mol. The van der Waals surface area contributed by atoms with Crippen LogP contribution < -0.4 is 20.1 Å². The normalized spacial score (nSPS) is 11.7. The Kier molecular flexibility index (Phi) is 5.33. The van der Waals surface area contributed by atoms with E-state index in [1.54, 1.807) is 36.7 Å². The molecule has 0 aliphatic carbocycles. The largest absolute Gasteiger partial charge is 0.454 e. The molecule has 8 nitrogen and oxygen atoms in total. The van der Waals surface area contributed by atoms with Crippen molar-refractivity contribution in [3.05, 3.63) is 83.4 Å². The van der Waals surface area contributed by atoms with E-state index in [0.717, 1.165) is 11.1 Å². The number of fused-ring (bicyclic) bond motifs is 1. The van der Waals surface area contributed by atoms with Crippen LogP contribution in [-0.2, 0) is 13.1 Å². The van der Waals surface area contributed by atoms with Crippen LogP contribution in [0.4, 0.5) is 0 Å². The summed E-state index contributed by atoms with van der Waals surface area (Å²) in [6.07, 6.45) is 3.32. The van der Waals surface area contributed by atoms with Gasteiger partial charge in [-0.3, -0.25) is 14.6 Å². The van der Waals surface area contributed by atoms with Gasteiger partial charge in [0, 0.05) is 25.5 Å². The van der Waals surface area contributed by atoms with E-state index in [1.165, 1.54) is 0 Å². The highest BCUT2D eigenvalue weighted by atomic mass is 16.7. The number of hydrogen-bond donors (Lipinski definition) is 2. The SMILES string of the molecule is O=C(NCc1ccncc1)c1cccc(C(=O)NCc2ccc3c(c2)OCO3)n1. The van der Waals surface area contributed by atoms with Crippen molar-refractivity contribution < 1.29 is 19.1 Å². The van der Waals surface area contributed by atoms with Gasteiger partial charge < -0.3 is 20.1 Å². The molecule has 146 valence electrons. The van der Waals surface area contributed by atoms with Crippen LogP contribution in [0, 0.1) is 0 Å². The van der Waals surface area contributed by atoms with Crippen molar-refractivity contribution in [3.63, 3.8) is 0 Å². The lowest BCUT2D eigenvalue weighted by atomic mass is 10.2. The van der Waals surface area contributed by atoms with Gasteiger partial charge in [-0.1, -0.05) is 12.1 Å². The summed E-state index contributed by atoms with van der Waals surface area (Å²) in [4.78, 5) is 32.9. The van der Waals surface area contributed by atoms with Crippen molar-refractivity contribution in [2.45, 2.75) is 13.1 Å². The van der Waals surface area contributed by atoms with Crippen LogP contribution in [0.3, 0.4) is 0 Å². The maximum absolute atomic E-state index is 12.4. The van der Waals surface area contributed by atoms with Gasteiger partial charge in [0.25, 0.3) is 11.8 Å². The fourth-order valence-electron chi connectivity index (χ4n) is 2.78. The number of carbonyl (C=O) groups is 2. The Morgan fingerprint density at radius 3 is 2.21 bits per heavy atom. The van der Waals surface area contributed by atoms with E-state index in [2.05, 4.69) is 20.6 Å². The third-order valence-electron chi connectivity index (χ3n) is 4.31. The van der Waals surface area contributed by atoms with Crippen LogP contribution in [0.25, 0.3) is 0 Å². The molecule has 4 rings (SSSR count). The molecule has 1 aromatic carbocycles. The predicted molar refractivity (Wildman–Crippen MR) is 103 cm³/mol. The topological polar surface area (TPSA) is 102 Å². The second-order valence-electron chi connectivity index (χ2n) is 6.32. The van der Waals surface area contributed by atoms with Crippen molar-refractivity contribution >= 4 is 11.8 Å². The minimum absolute atomic E-state index is 0.169. The standard InChI is InChI=1S/C21H18N4O4/c26-20(23-11-14-6-8-22-9-7-14)16-2-1-3-17(25-16)21(27)24-12-15-4-5-18-19(10-15)29-13-28-18/h1-10H,11-13H2,(H,23,26)(H,24,27). The minimum atomic E-state index is -0.369. The van der Waals surface area contributed by atoms with Gasteiger partial charge in [-0.15, -0.1) is 0 Å². The Morgan fingerprint density at radius 2 is 1.48 bits per heavy atom. The van der Waals surface area contributed by atoms with Crippen LogP contribution in [0.2, 0.25) is 0 Å². The molecule has 0 saturated carbocycles. The van der Waals surface area contributed by atoms with Crippen molar-refractivity contribution in [1.29, 1.82) is 0 Å². The number of nitrogens with one attached hydrogen (secondary N) is 2. The highest BCUT2D eigenvalue weighted by Crippen LogP contribution is 2.32. The van der Waals surface area contributed by atoms with E-state index in [4.69, 9.17) is 9.47 Å². The molecule has 0 unspecified atom stereocenters. The Bertz CT molecular complexity index is 1040. The number of amides is 2. The summed E-state index contributed by atoms with van der Waals surface area (Å²) in [6, 6.07) is 13.9. The first-order valence-electron chi connectivity index (χ1n) is 9.00. The molecule has 2 amide bonds. The van der Waals surface area contributed by atoms with Gasteiger partial charge >= 0.3 is 0 Å². The lowest BCUT2D eigenvalue weighted by Crippen LogP contribution is -2.27. The Balaban J connectivity index is 1.36. The van der Waals surface area contributed by atoms with Gasteiger partial charge in [-0.05, 0) is 47.5 Å². The number of nitrogens with zero attached hydrogens (tertiary/aromatic N) is 2. The summed E-state index contributed by atoms with van der Waals surface area (Å²) in [7, 11) is 0. The maximum atomic E-state index is 12.4. The first-order valence-corrected chi connectivity index (χ1v) is 9.00. The fraction of sp³-hybridized carbons (Fsp3) is 0.143. The highest BCUT2D eigenvalue weighted by molar-refractivity contribution is 5.96. The minimum Gasteiger partial charge on any atom is -0.454 e. The average molecular weight is 390 g/mol. The zero-order valence-electron chi connectivity index (χ0n) is 15.4. The van der Waals surface area contributed by atoms with E-state index in [1.807, 2.05) is 24.3 Å². The van der Waals surface area contributed by atoms with Gasteiger partial charge in [0.15, 0.2) is 11.5 Å². The Hall–Kier alpha value is -3.94. The van der Waals surface area contributed by atoms with Crippen molar-refractivity contribution in [3.8, 4) is 11.5 Å². The average Bonchev–Trinajstić information content (AvgIpc) is 3.24. The number of carbonyl (C=O) groups excluding carboxylic acids is 2. The number of ether oxygens (including phenoxy) is 2. The Labute approximate surface area is 166 Å². The molecule has 2 N–H and O–H groups in total. The molecule has 3 heterocycles. The third-order valence-corrected chi connectivity index (χ3v) is 4.31. The molecule has 1 aliphatic rings. The summed E-state index contributed by atoms with van der Waals surface area (Å²) >= 11 is 0. The molecule has 0 saturated heterocycles. The zero-order chi connectivity index (χ0) is 20.1. The quantitative estimate of drug-likeness (QED) is 0.668. The molecule has 1 aliphatic heterocycles. The molecule has 0 bridgehead atoms. The first kappa shape index (κ1) is 18.4. The lowest BCUT2D eigenvalue weighted by molar-refractivity contribution is 0.0941. The lowest BCUT2D eigenvalue weighted by Gasteiger charge is -2.08. The molecule has 3 aromatic rings. The summed E-state index contributed by atoms with van der Waals surface area (Å²) in [5, 5.41) is 5.57. The van der Waals surface area contributed by atoms with E-state index >= 15 is 0 Å². The van der Waals surface area contributed by atoms with Gasteiger partial charge in [0.2, 0.25) is 6.79 Å². The number of aromatic nitrogens is 2. The van der Waals surface area contributed by atoms with Gasteiger partial charge in [-0.25, -0.2) is 4.98 Å². The summed E-state index contributed by atoms with van der Waals surface area (Å²) in [5.74, 6) is 0.619. The van der Waals surface area contributed by atoms with Crippen molar-refractivity contribution in [1.82, 2.24) is 20.6 Å². The fourth-order valence-corrected chi connectivity index (χ4v) is 2.78. The first-order chi connectivity index (χ1) is 14.2. The molecule has 0 radical (unpaired) electrons. The van der Waals surface area contributed by atoms with Crippen molar-refractivity contribution in [2.75, 3.05) is 6.79 Å². The number of benzene rings is 1. The molecular formula is C21H18N4O4. The molecule has 29 heavy (non-hydrogen) atoms. The molecular weight excluding hydrogens is 372 g/mol. The smallest absolute Gasteiger partial charge is 0.270 e. The number of hydrogen-bond acceptors (Lipinski definition) is 6. The van der Waals surface area contributed by atoms with E-state index in [0.29, 0.717) is 24.6 Å². The van der Waals surface area contributed by atoms with E-state index < -0.39 is 0 Å². The van der Waals surface area contributed by atoms with Crippen LogP contribution in [0.1, 0.15) is 32.1 Å². The van der Waals surface area contributed by atoms with Gasteiger partial charge in [0.1, 0.15) is 11.4 Å². The third kappa shape index (κ3) is 4.49. The molecule has 0 atom stereocenters. The second-order valence-corrected chi connectivity index (χ2v) is 6.32. The second kappa shape index (κ2) is 8.39.